The third-order valence-corrected chi connectivity index (χ3v) is 17.3. The van der Waals surface area contributed by atoms with Crippen LogP contribution < -0.4 is 10.2 Å². The van der Waals surface area contributed by atoms with Crippen LogP contribution in [0, 0.1) is 7.43 Å². The molecule has 18 heteroatoms. The molecule has 0 atom stereocenters. The van der Waals surface area contributed by atoms with Gasteiger partial charge in [-0.3, -0.25) is 0 Å². The Kier molecular flexibility index (Phi) is 24.2. The van der Waals surface area contributed by atoms with Crippen molar-refractivity contribution < 1.29 is 78.6 Å². The molecule has 0 saturated heterocycles. The summed E-state index contributed by atoms with van der Waals surface area (Å²) >= 11 is 0. The van der Waals surface area contributed by atoms with Crippen LogP contribution in [0.1, 0.15) is 41.4 Å². The van der Waals surface area contributed by atoms with Crippen LogP contribution in [0.25, 0.3) is 0 Å². The Morgan fingerprint density at radius 2 is 0.660 bits per heavy atom. The molecule has 0 amide bonds. The first-order chi connectivity index (χ1) is 21.2. The molecule has 4 rings (SSSR count). The standard InChI is InChI=1S/2C14H10O4S4.CH3.2Zn/c2*15-13(16)9-5-1-3-7-11(9)19-21-22-20-12-8-4-2-6-10(12)14(17)18;;;/h2*1-8H,(H,15,16)(H,17,18);1H3;;/q;;-1;;+2/p-2. The summed E-state index contributed by atoms with van der Waals surface area (Å²) in [6.07, 6.45) is 0. The van der Waals surface area contributed by atoms with Gasteiger partial charge in [-0.05, 0) is 119 Å². The average Bonchev–Trinajstić information content (AvgIpc) is 3.02. The average molecular weight is 885 g/mol. The number of carboxylic acid groups (broad SMARTS) is 4. The van der Waals surface area contributed by atoms with Crippen molar-refractivity contribution in [2.75, 3.05) is 0 Å². The van der Waals surface area contributed by atoms with Gasteiger partial charge in [-0.2, -0.15) is 0 Å². The fraction of sp³-hybridized carbons (Fsp3) is 0. The van der Waals surface area contributed by atoms with Crippen molar-refractivity contribution in [2.24, 2.45) is 0 Å². The fourth-order valence-corrected chi connectivity index (χ4v) is 14.6. The zero-order valence-electron chi connectivity index (χ0n) is 24.3. The maximum Gasteiger partial charge on any atom is 2.00 e. The van der Waals surface area contributed by atoms with Crippen molar-refractivity contribution in [3.05, 3.63) is 127 Å². The van der Waals surface area contributed by atoms with Crippen molar-refractivity contribution in [1.29, 1.82) is 0 Å². The van der Waals surface area contributed by atoms with E-state index in [-0.39, 0.29) is 68.6 Å². The molecule has 0 bridgehead atoms. The third kappa shape index (κ3) is 15.5. The zero-order chi connectivity index (χ0) is 31.9. The van der Waals surface area contributed by atoms with Crippen LogP contribution in [0.4, 0.5) is 0 Å². The molecular formula is C29H21O8S8Zn2-. The summed E-state index contributed by atoms with van der Waals surface area (Å²) in [4.78, 5) is 46.7. The second-order valence-corrected chi connectivity index (χ2v) is 19.3. The smallest absolute Gasteiger partial charge is 0.545 e. The van der Waals surface area contributed by atoms with Crippen molar-refractivity contribution >= 4 is 106 Å². The van der Waals surface area contributed by atoms with Crippen LogP contribution in [0.5, 0.6) is 0 Å². The van der Waals surface area contributed by atoms with Gasteiger partial charge in [0.25, 0.3) is 0 Å². The van der Waals surface area contributed by atoms with Gasteiger partial charge < -0.3 is 37.4 Å². The zero-order valence-corrected chi connectivity index (χ0v) is 36.7. The van der Waals surface area contributed by atoms with Crippen molar-refractivity contribution in [3.8, 4) is 0 Å². The second kappa shape index (κ2) is 24.9. The number of carbonyl (C=O) groups is 4. The molecule has 0 aliphatic heterocycles. The summed E-state index contributed by atoms with van der Waals surface area (Å²) in [5.41, 5.74) is 0.801. The summed E-state index contributed by atoms with van der Waals surface area (Å²) in [5.74, 6) is -4.36. The molecule has 0 fully saturated rings. The van der Waals surface area contributed by atoms with Crippen LogP contribution in [-0.2, 0) is 39.0 Å². The van der Waals surface area contributed by atoms with E-state index >= 15 is 0 Å². The van der Waals surface area contributed by atoms with E-state index < -0.39 is 23.9 Å². The Balaban J connectivity index is 0.000000846. The molecular weight excluding hydrogens is 864 g/mol. The Labute approximate surface area is 327 Å². The van der Waals surface area contributed by atoms with Crippen LogP contribution in [-0.4, -0.2) is 34.1 Å². The summed E-state index contributed by atoms with van der Waals surface area (Å²) in [5, 5.41) is 40.2. The largest absolute Gasteiger partial charge is 2.00 e. The van der Waals surface area contributed by atoms with Gasteiger partial charge in [0.1, 0.15) is 0 Å². The van der Waals surface area contributed by atoms with Crippen LogP contribution in [0.15, 0.2) is 117 Å². The predicted octanol–water partition coefficient (Wildman–Crippen LogP) is 8.13. The van der Waals surface area contributed by atoms with Gasteiger partial charge >= 0.3 is 31.4 Å². The molecule has 4 aromatic rings. The monoisotopic (exact) mass is 881 g/mol. The molecule has 0 radical (unpaired) electrons. The van der Waals surface area contributed by atoms with Gasteiger partial charge in [0.2, 0.25) is 0 Å². The normalized spacial score (nSPS) is 9.70. The van der Waals surface area contributed by atoms with Crippen molar-refractivity contribution in [3.63, 3.8) is 0 Å². The summed E-state index contributed by atoms with van der Waals surface area (Å²) in [7, 11) is 10.7. The van der Waals surface area contributed by atoms with E-state index in [2.05, 4.69) is 0 Å². The van der Waals surface area contributed by atoms with Gasteiger partial charge in [-0.15, -0.1) is 0 Å². The van der Waals surface area contributed by atoms with Gasteiger partial charge in [-0.1, -0.05) is 60.7 Å². The number of rotatable bonds is 14. The van der Waals surface area contributed by atoms with Crippen LogP contribution in [0.3, 0.4) is 0 Å². The molecule has 0 aromatic heterocycles. The third-order valence-electron chi connectivity index (χ3n) is 5.00. The van der Waals surface area contributed by atoms with E-state index in [0.29, 0.717) is 19.6 Å². The predicted molar refractivity (Wildman–Crippen MR) is 189 cm³/mol. The molecule has 0 spiro atoms. The van der Waals surface area contributed by atoms with Gasteiger partial charge in [0.15, 0.2) is 0 Å². The molecule has 0 aliphatic rings. The second-order valence-electron chi connectivity index (χ2n) is 7.78. The SMILES string of the molecule is O=C(O)c1ccccc1SSSSc1ccccc1C(=O)O.O=C([O-])c1ccccc1SSSSc1ccccc1C(=O)[O-].[CH3-].[Zn+2].[Zn]. The van der Waals surface area contributed by atoms with E-state index in [0.717, 1.165) is 0 Å². The Hall–Kier alpha value is -1.19. The van der Waals surface area contributed by atoms with E-state index in [9.17, 15) is 29.4 Å². The molecule has 238 valence electrons. The summed E-state index contributed by atoms with van der Waals surface area (Å²) < 4.78 is 0. The van der Waals surface area contributed by atoms with E-state index in [4.69, 9.17) is 10.2 Å². The molecule has 0 saturated carbocycles. The van der Waals surface area contributed by atoms with Crippen molar-refractivity contribution in [2.45, 2.75) is 19.6 Å². The number of aromatic carboxylic acids is 4. The molecule has 2 N–H and O–H groups in total. The van der Waals surface area contributed by atoms with Crippen molar-refractivity contribution in [1.82, 2.24) is 0 Å². The molecule has 0 aliphatic carbocycles. The van der Waals surface area contributed by atoms with E-state index in [1.54, 1.807) is 84.9 Å². The fourth-order valence-electron chi connectivity index (χ4n) is 3.05. The first-order valence-corrected chi connectivity index (χ1v) is 21.4. The molecule has 8 nitrogen and oxygen atoms in total. The quantitative estimate of drug-likeness (QED) is 0.0541. The molecule has 0 heterocycles. The number of carboxylic acids is 4. The first kappa shape index (κ1) is 45.8. The Morgan fingerprint density at radius 3 is 0.894 bits per heavy atom. The minimum atomic E-state index is -1.22. The summed E-state index contributed by atoms with van der Waals surface area (Å²) in [6.45, 7) is 0. The van der Waals surface area contributed by atoms with Gasteiger partial charge in [0, 0.05) is 50.2 Å². The minimum Gasteiger partial charge on any atom is -0.545 e. The number of hydrogen-bond donors (Lipinski definition) is 2. The van der Waals surface area contributed by atoms with Gasteiger partial charge in [-0.25, -0.2) is 9.59 Å². The van der Waals surface area contributed by atoms with Crippen LogP contribution >= 0.6 is 82.5 Å². The number of benzene rings is 4. The maximum absolute atomic E-state index is 11.1. The maximum atomic E-state index is 11.1. The van der Waals surface area contributed by atoms with Gasteiger partial charge in [0.05, 0.1) is 23.1 Å². The Bertz CT molecular complexity index is 1390. The topological polar surface area (TPSA) is 155 Å². The Morgan fingerprint density at radius 1 is 0.447 bits per heavy atom. The van der Waals surface area contributed by atoms with E-state index in [1.807, 2.05) is 0 Å². The number of hydrogen-bond acceptors (Lipinski definition) is 14. The first-order valence-electron chi connectivity index (χ1n) is 11.8. The van der Waals surface area contributed by atoms with Crippen LogP contribution in [0.2, 0.25) is 0 Å². The molecule has 47 heavy (non-hydrogen) atoms. The minimum absolute atomic E-state index is 0. The summed E-state index contributed by atoms with van der Waals surface area (Å²) in [6, 6.07) is 26.7. The molecule has 0 unspecified atom stereocenters. The van der Waals surface area contributed by atoms with E-state index in [1.165, 1.54) is 94.6 Å². The molecule has 4 aromatic carbocycles. The number of carbonyl (C=O) groups excluding carboxylic acids is 2.